The maximum absolute atomic E-state index is 2.60. The number of nitrogens with zero attached hydrogens (tertiary/aromatic N) is 3. The highest BCUT2D eigenvalue weighted by Gasteiger charge is 2.45. The molecule has 0 saturated heterocycles. The van der Waals surface area contributed by atoms with E-state index in [-0.39, 0.29) is 6.71 Å². The molecule has 0 bridgehead atoms. The van der Waals surface area contributed by atoms with Gasteiger partial charge in [0.15, 0.2) is 0 Å². The highest BCUT2D eigenvalue weighted by atomic mass is 15.2. The van der Waals surface area contributed by atoms with E-state index in [9.17, 15) is 0 Å². The number of hydrogen-bond donors (Lipinski definition) is 0. The molecule has 0 fully saturated rings. The summed E-state index contributed by atoms with van der Waals surface area (Å²) in [6, 6.07) is 44.7. The van der Waals surface area contributed by atoms with Crippen LogP contribution in [0.4, 0.5) is 17.1 Å². The number of allylic oxidation sites excluding steroid dienone is 1. The van der Waals surface area contributed by atoms with Gasteiger partial charge in [0.05, 0.1) is 16.7 Å². The van der Waals surface area contributed by atoms with E-state index in [4.69, 9.17) is 0 Å². The van der Waals surface area contributed by atoms with Crippen molar-refractivity contribution in [2.45, 2.75) is 12.8 Å². The van der Waals surface area contributed by atoms with Crippen molar-refractivity contribution in [2.24, 2.45) is 0 Å². The van der Waals surface area contributed by atoms with Crippen molar-refractivity contribution < 1.29 is 0 Å². The topological polar surface area (TPSA) is 13.1 Å². The van der Waals surface area contributed by atoms with Crippen molar-refractivity contribution in [3.05, 3.63) is 139 Å². The van der Waals surface area contributed by atoms with Gasteiger partial charge in [-0.3, -0.25) is 0 Å². The number of benzene rings is 5. The molecule has 0 unspecified atom stereocenters. The molecule has 0 radical (unpaired) electrons. The van der Waals surface area contributed by atoms with Crippen LogP contribution in [0, 0.1) is 0 Å². The van der Waals surface area contributed by atoms with Gasteiger partial charge in [0.25, 0.3) is 6.71 Å². The summed E-state index contributed by atoms with van der Waals surface area (Å²) in [4.78, 5) is 2.53. The predicted octanol–water partition coefficient (Wildman–Crippen LogP) is 7.15. The Kier molecular flexibility index (Phi) is 4.37. The Morgan fingerprint density at radius 1 is 0.595 bits per heavy atom. The minimum absolute atomic E-state index is 0.0929. The molecule has 0 N–H and O–H groups in total. The molecule has 1 aliphatic carbocycles. The summed E-state index contributed by atoms with van der Waals surface area (Å²) in [6.45, 7) is 0.0929. The van der Waals surface area contributed by atoms with Crippen LogP contribution in [0.25, 0.3) is 39.3 Å². The lowest BCUT2D eigenvalue weighted by Gasteiger charge is -2.39. The molecule has 196 valence electrons. The van der Waals surface area contributed by atoms with Crippen molar-refractivity contribution in [1.82, 2.24) is 9.13 Å². The third-order valence-corrected chi connectivity index (χ3v) is 9.55. The molecule has 0 atom stereocenters. The lowest BCUT2D eigenvalue weighted by Crippen LogP contribution is -2.62. The van der Waals surface area contributed by atoms with Gasteiger partial charge in [-0.2, -0.15) is 0 Å². The van der Waals surface area contributed by atoms with Crippen LogP contribution >= 0.6 is 0 Å². The lowest BCUT2D eigenvalue weighted by atomic mass is 9.35. The van der Waals surface area contributed by atoms with Crippen LogP contribution in [0.15, 0.2) is 127 Å². The van der Waals surface area contributed by atoms with E-state index in [1.165, 1.54) is 78.0 Å². The smallest absolute Gasteiger partial charge is 0.273 e. The Labute approximate surface area is 244 Å². The van der Waals surface area contributed by atoms with Gasteiger partial charge in [-0.15, -0.1) is 0 Å². The zero-order chi connectivity index (χ0) is 27.4. The Morgan fingerprint density at radius 2 is 1.33 bits per heavy atom. The molecule has 10 rings (SSSR count). The number of fused-ring (bicyclic) bond motifs is 10. The summed E-state index contributed by atoms with van der Waals surface area (Å²) in [5.74, 6) is 0. The summed E-state index contributed by atoms with van der Waals surface area (Å²) in [7, 11) is 0. The molecular weight excluding hydrogens is 509 g/mol. The molecule has 3 aliphatic rings. The third-order valence-electron chi connectivity index (χ3n) is 9.55. The van der Waals surface area contributed by atoms with Gasteiger partial charge in [-0.25, -0.2) is 0 Å². The average molecular weight is 535 g/mol. The quantitative estimate of drug-likeness (QED) is 0.215. The van der Waals surface area contributed by atoms with Crippen LogP contribution in [0.3, 0.4) is 0 Å². The van der Waals surface area contributed by atoms with Crippen LogP contribution in [0.5, 0.6) is 0 Å². The van der Waals surface area contributed by atoms with Crippen LogP contribution in [-0.4, -0.2) is 15.8 Å². The average Bonchev–Trinajstić information content (AvgIpc) is 3.58. The molecule has 0 saturated carbocycles. The summed E-state index contributed by atoms with van der Waals surface area (Å²) < 4.78 is 5.13. The molecule has 0 spiro atoms. The Hall–Kier alpha value is -5.22. The largest absolute Gasteiger partial charge is 0.319 e. The monoisotopic (exact) mass is 535 g/mol. The maximum Gasteiger partial charge on any atom is 0.273 e. The lowest BCUT2D eigenvalue weighted by molar-refractivity contribution is 0.890. The van der Waals surface area contributed by atoms with E-state index in [2.05, 4.69) is 148 Å². The van der Waals surface area contributed by atoms with Gasteiger partial charge in [-0.05, 0) is 66.2 Å². The molecule has 3 nitrogen and oxygen atoms in total. The molecule has 2 aromatic heterocycles. The predicted molar refractivity (Wildman–Crippen MR) is 177 cm³/mol. The molecule has 7 aromatic rings. The second-order valence-corrected chi connectivity index (χ2v) is 11.6. The highest BCUT2D eigenvalue weighted by molar-refractivity contribution is 7.00. The molecule has 4 heteroatoms. The number of aromatic nitrogens is 2. The van der Waals surface area contributed by atoms with Crippen LogP contribution in [0.2, 0.25) is 0 Å². The van der Waals surface area contributed by atoms with Crippen molar-refractivity contribution in [1.29, 1.82) is 0 Å². The molecule has 0 amide bonds. The van der Waals surface area contributed by atoms with E-state index in [1.54, 1.807) is 0 Å². The third kappa shape index (κ3) is 2.72. The van der Waals surface area contributed by atoms with Crippen LogP contribution in [0.1, 0.15) is 17.7 Å². The first-order valence-corrected chi connectivity index (χ1v) is 14.9. The maximum atomic E-state index is 2.60. The number of para-hydroxylation sites is 4. The highest BCUT2D eigenvalue weighted by Crippen LogP contribution is 2.45. The van der Waals surface area contributed by atoms with Crippen LogP contribution < -0.4 is 21.4 Å². The van der Waals surface area contributed by atoms with E-state index in [0.29, 0.717) is 0 Å². The zero-order valence-corrected chi connectivity index (χ0v) is 23.0. The second kappa shape index (κ2) is 8.17. The normalized spacial score (nSPS) is 14.3. The van der Waals surface area contributed by atoms with Crippen LogP contribution in [-0.2, 0) is 6.42 Å². The van der Waals surface area contributed by atoms with E-state index < -0.39 is 0 Å². The second-order valence-electron chi connectivity index (χ2n) is 11.6. The van der Waals surface area contributed by atoms with Crippen molar-refractivity contribution in [3.63, 3.8) is 0 Å². The van der Waals surface area contributed by atoms with E-state index >= 15 is 0 Å². The number of rotatable bonds is 2. The van der Waals surface area contributed by atoms with Gasteiger partial charge in [0, 0.05) is 50.4 Å². The van der Waals surface area contributed by atoms with Gasteiger partial charge < -0.3 is 14.0 Å². The zero-order valence-electron chi connectivity index (χ0n) is 23.0. The summed E-state index contributed by atoms with van der Waals surface area (Å²) in [5.41, 5.74) is 15.8. The summed E-state index contributed by atoms with van der Waals surface area (Å²) >= 11 is 0. The van der Waals surface area contributed by atoms with Gasteiger partial charge in [0.1, 0.15) is 0 Å². The molecule has 4 heterocycles. The van der Waals surface area contributed by atoms with E-state index in [0.717, 1.165) is 12.8 Å². The van der Waals surface area contributed by atoms with Gasteiger partial charge in [-0.1, -0.05) is 91.0 Å². The molecule has 2 aliphatic heterocycles. The number of hydrogen-bond acceptors (Lipinski definition) is 1. The first kappa shape index (κ1) is 22.5. The molecule has 5 aromatic carbocycles. The van der Waals surface area contributed by atoms with Crippen molar-refractivity contribution in [2.75, 3.05) is 4.90 Å². The van der Waals surface area contributed by atoms with Gasteiger partial charge in [0.2, 0.25) is 0 Å². The number of anilines is 3. The first-order valence-electron chi connectivity index (χ1n) is 14.9. The molecule has 42 heavy (non-hydrogen) atoms. The summed E-state index contributed by atoms with van der Waals surface area (Å²) in [6.07, 6.45) is 6.84. The fraction of sp³-hybridized carbons (Fsp3) is 0.0526. The first-order chi connectivity index (χ1) is 20.9. The van der Waals surface area contributed by atoms with Gasteiger partial charge >= 0.3 is 0 Å². The SMILES string of the molecule is C1=Cc2c(n3c4c5c(ccc24)N(c2ccccc2)c2c(n(-c4ccccc4)c4ccccc24)B5c2ccccc2-3)CC1. The Bertz CT molecular complexity index is 2260. The summed E-state index contributed by atoms with van der Waals surface area (Å²) in [5, 5.41) is 2.63. The van der Waals surface area contributed by atoms with Crippen molar-refractivity contribution in [3.8, 4) is 11.4 Å². The minimum atomic E-state index is 0.0929. The Balaban J connectivity index is 1.45. The Morgan fingerprint density at radius 3 is 2.19 bits per heavy atom. The van der Waals surface area contributed by atoms with E-state index in [1.807, 2.05) is 0 Å². The van der Waals surface area contributed by atoms with Crippen molar-refractivity contribution >= 4 is 68.2 Å². The fourth-order valence-electron chi connectivity index (χ4n) is 8.00. The standard InChI is InChI=1S/C38H26BN3/c1-3-13-25(14-4-1)40-34-24-23-28-27-17-7-10-20-31(27)42-33-22-12-9-19-30(33)39(35(34)36(28)42)38-37(40)29-18-8-11-21-32(29)41(38)26-15-5-2-6-16-26/h1-9,11-19,21-24H,10,20H2. The fourth-order valence-corrected chi connectivity index (χ4v) is 8.00. The minimum Gasteiger partial charge on any atom is -0.319 e. The molecular formula is C38H26BN3.